The Bertz CT molecular complexity index is 2410. The van der Waals surface area contributed by atoms with Gasteiger partial charge < -0.3 is 63.9 Å². The van der Waals surface area contributed by atoms with Crippen LogP contribution in [-0.2, 0) is 56.0 Å². The number of hydrogen-bond donors (Lipinski definition) is 10. The standard InChI is InChI=1S/C49H69N13O9S/c1-3-4-5-11-21-61-27-40(63)58-37(24-32-25-54-34-17-10-9-16-33(32)34)48(71)62-22-13-19-39(62)47(70)60-38(43(50)66)28-72-29-41(64)57-36(23-31-14-7-6-8-15-31)46(69)56-30(2)44(67)59-35(18-12-20-53-49(51)52)45(68)55-26-42(61)65/h6-10,14-17,25,30,35-39,54H,3-5,11-13,18-24,26-29H2,1-2H3,(H2,50,66)(H,55,68)(H,56,69)(H,57,64)(H,58,63)(H,59,67)(H,60,70)(H4,51,52,53)/t30-,35-,36-,37-,38-,39-/m0/s1. The van der Waals surface area contributed by atoms with Gasteiger partial charge in [0.2, 0.25) is 53.2 Å². The Morgan fingerprint density at radius 3 is 2.24 bits per heavy atom. The number of hydrogen-bond acceptors (Lipinski definition) is 11. The van der Waals surface area contributed by atoms with Crippen molar-refractivity contribution in [3.05, 3.63) is 71.9 Å². The van der Waals surface area contributed by atoms with E-state index in [-0.39, 0.29) is 69.2 Å². The molecule has 2 saturated heterocycles. The number of carbonyl (C=O) groups excluding carboxylic acids is 9. The predicted octanol–water partition coefficient (Wildman–Crippen LogP) is -0.801. The van der Waals surface area contributed by atoms with Crippen LogP contribution in [0.3, 0.4) is 0 Å². The normalized spacial score (nSPS) is 22.9. The van der Waals surface area contributed by atoms with Gasteiger partial charge in [-0.2, -0.15) is 0 Å². The van der Waals surface area contributed by atoms with Crippen molar-refractivity contribution in [1.29, 1.82) is 0 Å². The van der Waals surface area contributed by atoms with Gasteiger partial charge >= 0.3 is 0 Å². The van der Waals surface area contributed by atoms with Gasteiger partial charge in [0.05, 0.1) is 18.8 Å². The Kier molecular flexibility index (Phi) is 21.7. The van der Waals surface area contributed by atoms with Crippen molar-refractivity contribution in [2.45, 2.75) is 114 Å². The number of para-hydroxylation sites is 1. The fourth-order valence-electron chi connectivity index (χ4n) is 8.53. The smallest absolute Gasteiger partial charge is 0.246 e. The summed E-state index contributed by atoms with van der Waals surface area (Å²) in [6, 6.07) is 9.18. The van der Waals surface area contributed by atoms with Gasteiger partial charge in [-0.25, -0.2) is 0 Å². The van der Waals surface area contributed by atoms with Gasteiger partial charge in [-0.15, -0.1) is 11.8 Å². The molecule has 0 bridgehead atoms. The van der Waals surface area contributed by atoms with Crippen LogP contribution in [0.5, 0.6) is 0 Å². The number of guanidine groups is 1. The van der Waals surface area contributed by atoms with Crippen LogP contribution in [0.15, 0.2) is 65.8 Å². The van der Waals surface area contributed by atoms with Crippen molar-refractivity contribution in [3.8, 4) is 0 Å². The van der Waals surface area contributed by atoms with Crippen LogP contribution >= 0.6 is 11.8 Å². The first kappa shape index (κ1) is 55.8. The molecule has 0 unspecified atom stereocenters. The number of rotatable bonds is 14. The molecule has 2 aliphatic heterocycles. The van der Waals surface area contributed by atoms with Gasteiger partial charge in [0.15, 0.2) is 5.96 Å². The van der Waals surface area contributed by atoms with Crippen molar-refractivity contribution >= 4 is 81.8 Å². The van der Waals surface area contributed by atoms with Gasteiger partial charge in [-0.05, 0) is 56.2 Å². The van der Waals surface area contributed by atoms with E-state index in [9.17, 15) is 43.2 Å². The first-order chi connectivity index (χ1) is 34.5. The summed E-state index contributed by atoms with van der Waals surface area (Å²) in [5.74, 6) is -6.70. The van der Waals surface area contributed by atoms with E-state index in [1.54, 1.807) is 36.5 Å². The van der Waals surface area contributed by atoms with E-state index in [2.05, 4.69) is 41.9 Å². The molecular weight excluding hydrogens is 947 g/mol. The number of primary amides is 1. The van der Waals surface area contributed by atoms with Crippen molar-refractivity contribution in [2.24, 2.45) is 22.2 Å². The second-order valence-corrected chi connectivity index (χ2v) is 19.0. The fraction of sp³-hybridized carbons (Fsp3) is 0.510. The molecule has 2 aliphatic rings. The number of fused-ring (bicyclic) bond motifs is 2. The summed E-state index contributed by atoms with van der Waals surface area (Å²) in [6.45, 7) is 2.84. The van der Waals surface area contributed by atoms with E-state index < -0.39 is 103 Å². The summed E-state index contributed by atoms with van der Waals surface area (Å²) in [6.07, 6.45) is 5.82. The molecule has 6 atom stereocenters. The number of thioether (sulfide) groups is 1. The maximum absolute atomic E-state index is 14.7. The zero-order valence-electron chi connectivity index (χ0n) is 40.9. The highest BCUT2D eigenvalue weighted by Crippen LogP contribution is 2.23. The topological polar surface area (TPSA) is 338 Å². The number of nitrogens with two attached hydrogens (primary N) is 3. The number of unbranched alkanes of at least 4 members (excludes halogenated alkanes) is 3. The number of aliphatic imine (C=N–C) groups is 1. The molecule has 0 aliphatic carbocycles. The molecule has 9 amide bonds. The highest BCUT2D eigenvalue weighted by Gasteiger charge is 2.39. The summed E-state index contributed by atoms with van der Waals surface area (Å²) in [5, 5.41) is 16.9. The number of benzene rings is 2. The summed E-state index contributed by atoms with van der Waals surface area (Å²) < 4.78 is 0. The van der Waals surface area contributed by atoms with Crippen molar-refractivity contribution in [3.63, 3.8) is 0 Å². The van der Waals surface area contributed by atoms with Gasteiger partial charge in [0.25, 0.3) is 0 Å². The van der Waals surface area contributed by atoms with Crippen LogP contribution < -0.4 is 49.1 Å². The summed E-state index contributed by atoms with van der Waals surface area (Å²) in [5.41, 5.74) is 19.0. The first-order valence-corrected chi connectivity index (χ1v) is 25.6. The van der Waals surface area contributed by atoms with Gasteiger partial charge in [-0.3, -0.25) is 48.1 Å². The number of amides is 9. The third-order valence-electron chi connectivity index (χ3n) is 12.4. The number of nitrogens with one attached hydrogen (secondary N) is 7. The Labute approximate surface area is 422 Å². The number of nitrogens with zero attached hydrogens (tertiary/aromatic N) is 3. The molecule has 0 saturated carbocycles. The van der Waals surface area contributed by atoms with Gasteiger partial charge in [-0.1, -0.05) is 74.7 Å². The molecule has 13 N–H and O–H groups in total. The van der Waals surface area contributed by atoms with Crippen molar-refractivity contribution in [2.75, 3.05) is 44.2 Å². The predicted molar refractivity (Wildman–Crippen MR) is 272 cm³/mol. The van der Waals surface area contributed by atoms with E-state index in [1.165, 1.54) is 16.7 Å². The molecule has 2 aromatic carbocycles. The SMILES string of the molecule is CCCCCCN1CC(=O)N[C@@H](Cc2c[nH]c3ccccc23)C(=O)N2CCC[C@H]2C(=O)N[C@H](C(N)=O)CSCC(=O)N[C@@H](Cc2ccccc2)C(=O)N[C@@H](C)C(=O)N[C@@H](CCCN=C(N)N)C(=O)NCC1=O. The maximum Gasteiger partial charge on any atom is 0.246 e. The monoisotopic (exact) mass is 1020 g/mol. The Balaban J connectivity index is 1.46. The summed E-state index contributed by atoms with van der Waals surface area (Å²) >= 11 is 0.979. The lowest BCUT2D eigenvalue weighted by Crippen LogP contribution is -2.57. The molecule has 0 radical (unpaired) electrons. The molecule has 5 rings (SSSR count). The zero-order chi connectivity index (χ0) is 52.2. The average molecular weight is 1020 g/mol. The summed E-state index contributed by atoms with van der Waals surface area (Å²) in [4.78, 5) is 134. The largest absolute Gasteiger partial charge is 0.370 e. The highest BCUT2D eigenvalue weighted by atomic mass is 32.2. The molecule has 3 heterocycles. The van der Waals surface area contributed by atoms with E-state index in [4.69, 9.17) is 17.2 Å². The van der Waals surface area contributed by atoms with Crippen LogP contribution in [0.1, 0.15) is 76.3 Å². The molecule has 72 heavy (non-hydrogen) atoms. The Morgan fingerprint density at radius 2 is 1.50 bits per heavy atom. The lowest BCUT2D eigenvalue weighted by atomic mass is 10.0. The number of carbonyl (C=O) groups is 9. The molecule has 23 heteroatoms. The second-order valence-electron chi connectivity index (χ2n) is 18.0. The first-order valence-electron chi connectivity index (χ1n) is 24.4. The molecular formula is C49H69N13O9S. The van der Waals surface area contributed by atoms with Gasteiger partial charge in [0.1, 0.15) is 36.3 Å². The minimum absolute atomic E-state index is 0.0186. The van der Waals surface area contributed by atoms with E-state index in [0.29, 0.717) is 24.0 Å². The van der Waals surface area contributed by atoms with Crippen LogP contribution in [0, 0.1) is 0 Å². The molecule has 0 spiro atoms. The van der Waals surface area contributed by atoms with Crippen LogP contribution in [0.4, 0.5) is 0 Å². The van der Waals surface area contributed by atoms with Crippen molar-refractivity contribution < 1.29 is 43.2 Å². The summed E-state index contributed by atoms with van der Waals surface area (Å²) in [7, 11) is 0. The van der Waals surface area contributed by atoms with Crippen molar-refractivity contribution in [1.82, 2.24) is 46.7 Å². The second kappa shape index (κ2) is 28.0. The molecule has 1 aromatic heterocycles. The molecule has 22 nitrogen and oxygen atoms in total. The molecule has 2 fully saturated rings. The molecule has 390 valence electrons. The lowest BCUT2D eigenvalue weighted by molar-refractivity contribution is -0.142. The van der Waals surface area contributed by atoms with Gasteiger partial charge in [0, 0.05) is 55.3 Å². The number of aromatic nitrogens is 1. The zero-order valence-corrected chi connectivity index (χ0v) is 41.7. The maximum atomic E-state index is 14.7. The third kappa shape index (κ3) is 17.0. The van der Waals surface area contributed by atoms with E-state index in [0.717, 1.165) is 41.9 Å². The lowest BCUT2D eigenvalue weighted by Gasteiger charge is -2.30. The number of H-pyrrole nitrogens is 1. The molecule has 3 aromatic rings. The van der Waals surface area contributed by atoms with Crippen LogP contribution in [0.2, 0.25) is 0 Å². The van der Waals surface area contributed by atoms with E-state index >= 15 is 0 Å². The Morgan fingerprint density at radius 1 is 0.764 bits per heavy atom. The van der Waals surface area contributed by atoms with E-state index in [1.807, 2.05) is 31.2 Å². The number of aromatic amines is 1. The quantitative estimate of drug-likeness (QED) is 0.0539. The fourth-order valence-corrected chi connectivity index (χ4v) is 9.40. The van der Waals surface area contributed by atoms with Crippen LogP contribution in [-0.4, -0.2) is 154 Å². The Hall–Kier alpha value is -7.17. The minimum Gasteiger partial charge on any atom is -0.370 e. The third-order valence-corrected chi connectivity index (χ3v) is 13.4. The minimum atomic E-state index is -1.25. The van der Waals surface area contributed by atoms with Crippen LogP contribution in [0.25, 0.3) is 10.9 Å². The highest BCUT2D eigenvalue weighted by molar-refractivity contribution is 8.00. The average Bonchev–Trinajstić information content (AvgIpc) is 4.02.